The molecule has 0 aromatic carbocycles. The van der Waals surface area contributed by atoms with Gasteiger partial charge in [-0.05, 0) is 32.1 Å². The smallest absolute Gasteiger partial charge is 0.550 e. The Bertz CT molecular complexity index is 721. The van der Waals surface area contributed by atoms with E-state index in [0.29, 0.717) is 6.42 Å². The molecule has 336 valence electrons. The van der Waals surface area contributed by atoms with Gasteiger partial charge >= 0.3 is 43.7 Å². The van der Waals surface area contributed by atoms with Crippen LogP contribution < -0.4 is 10.2 Å². The fourth-order valence-electron chi connectivity index (χ4n) is 7.22. The summed E-state index contributed by atoms with van der Waals surface area (Å²) in [6.45, 7) is 6.78. The zero-order valence-corrected chi connectivity index (χ0v) is 41.0. The number of carboxylic acids is 3. The van der Waals surface area contributed by atoms with Crippen molar-refractivity contribution in [2.24, 2.45) is 0 Å². The van der Waals surface area contributed by atoms with Crippen LogP contribution in [0.5, 0.6) is 0 Å². The number of aliphatic carboxylic acids is 3. The predicted molar refractivity (Wildman–Crippen MR) is 244 cm³/mol. The average molecular weight is 835 g/mol. The van der Waals surface area contributed by atoms with Crippen LogP contribution in [0, 0.1) is 0 Å². The third-order valence-corrected chi connectivity index (χ3v) is 11.0. The van der Waals surface area contributed by atoms with Gasteiger partial charge < -0.3 is 24.9 Å². The molecule has 0 aromatic rings. The maximum Gasteiger partial charge on any atom is 2.00 e. The molecule has 0 aliphatic rings. The second-order valence-electron chi connectivity index (χ2n) is 16.8. The molecule has 6 nitrogen and oxygen atoms in total. The molecule has 0 saturated heterocycles. The van der Waals surface area contributed by atoms with Gasteiger partial charge in [0.05, 0.1) is 0 Å². The van der Waals surface area contributed by atoms with Crippen molar-refractivity contribution in [1.29, 1.82) is 0 Å². The second-order valence-corrected chi connectivity index (χ2v) is 16.8. The summed E-state index contributed by atoms with van der Waals surface area (Å²) >= 11 is 0. The van der Waals surface area contributed by atoms with E-state index in [1.54, 1.807) is 0 Å². The minimum Gasteiger partial charge on any atom is -0.550 e. The number of hydrogen-bond acceptors (Lipinski definition) is 5. The van der Waals surface area contributed by atoms with Crippen molar-refractivity contribution in [3.8, 4) is 0 Å². The van der Waals surface area contributed by atoms with Gasteiger partial charge in [0.15, 0.2) is 0 Å². The Hall–Kier alpha value is -0.330. The number of carbonyl (C=O) groups excluding carboxylic acids is 2. The van der Waals surface area contributed by atoms with Gasteiger partial charge in [0, 0.05) is 18.4 Å². The molecule has 0 amide bonds. The van der Waals surface area contributed by atoms with Crippen LogP contribution in [0.3, 0.4) is 0 Å². The van der Waals surface area contributed by atoms with Crippen LogP contribution in [0.2, 0.25) is 0 Å². The molecular weight excluding hydrogens is 737 g/mol. The summed E-state index contributed by atoms with van der Waals surface area (Å²) in [6, 6.07) is 0. The molecule has 0 aliphatic carbocycles. The van der Waals surface area contributed by atoms with Gasteiger partial charge in [0.25, 0.3) is 0 Å². The number of carbonyl (C=O) groups is 3. The Morgan fingerprint density at radius 2 is 0.421 bits per heavy atom. The SMILES string of the molecule is CCCCCCCCCCCCCCCC(=O)[O-].CCCCCCCCCCCCCCCC(=O)[O-].CCCCCCCCCCCCCCCCCC(=O)O.[Ca+2]. The quantitative estimate of drug-likeness (QED) is 0.0482. The van der Waals surface area contributed by atoms with Crippen molar-refractivity contribution in [3.63, 3.8) is 0 Å². The summed E-state index contributed by atoms with van der Waals surface area (Å²) < 4.78 is 0. The van der Waals surface area contributed by atoms with Crippen molar-refractivity contribution in [1.82, 2.24) is 0 Å². The first-order valence-electron chi connectivity index (χ1n) is 24.9. The number of unbranched alkanes of at least 4 members (excludes halogenated alkanes) is 38. The topological polar surface area (TPSA) is 118 Å². The van der Waals surface area contributed by atoms with E-state index in [0.717, 1.165) is 38.5 Å². The first kappa shape index (κ1) is 63.3. The van der Waals surface area contributed by atoms with Gasteiger partial charge in [-0.2, -0.15) is 0 Å². The summed E-state index contributed by atoms with van der Waals surface area (Å²) in [7, 11) is 0. The van der Waals surface area contributed by atoms with Crippen molar-refractivity contribution in [2.45, 2.75) is 303 Å². The Labute approximate surface area is 386 Å². The monoisotopic (exact) mass is 835 g/mol. The fourth-order valence-corrected chi connectivity index (χ4v) is 7.22. The zero-order valence-electron chi connectivity index (χ0n) is 38.8. The van der Waals surface area contributed by atoms with Crippen molar-refractivity contribution in [2.75, 3.05) is 0 Å². The van der Waals surface area contributed by atoms with E-state index in [4.69, 9.17) is 5.11 Å². The number of rotatable bonds is 44. The van der Waals surface area contributed by atoms with Gasteiger partial charge in [-0.1, -0.05) is 265 Å². The van der Waals surface area contributed by atoms with Crippen molar-refractivity contribution in [3.05, 3.63) is 0 Å². The Kier molecular flexibility index (Phi) is 66.6. The Morgan fingerprint density at radius 1 is 0.281 bits per heavy atom. The number of carboxylic acid groups (broad SMARTS) is 3. The normalized spacial score (nSPS) is 10.6. The molecule has 0 unspecified atom stereocenters. The minimum atomic E-state index is -0.905. The van der Waals surface area contributed by atoms with Gasteiger partial charge in [0.1, 0.15) is 0 Å². The molecule has 0 fully saturated rings. The van der Waals surface area contributed by atoms with E-state index >= 15 is 0 Å². The van der Waals surface area contributed by atoms with E-state index in [9.17, 15) is 24.6 Å². The molecule has 0 atom stereocenters. The van der Waals surface area contributed by atoms with Crippen LogP contribution in [0.25, 0.3) is 0 Å². The molecule has 7 heteroatoms. The van der Waals surface area contributed by atoms with Crippen LogP contribution in [-0.4, -0.2) is 60.8 Å². The van der Waals surface area contributed by atoms with E-state index < -0.39 is 17.9 Å². The summed E-state index contributed by atoms with van der Waals surface area (Å²) in [4.78, 5) is 30.7. The predicted octanol–water partition coefficient (Wildman–Crippen LogP) is 14.4. The van der Waals surface area contributed by atoms with Crippen LogP contribution >= 0.6 is 0 Å². The molecule has 0 spiro atoms. The molecule has 0 aliphatic heterocycles. The number of hydrogen-bond donors (Lipinski definition) is 1. The van der Waals surface area contributed by atoms with Crippen LogP contribution in [0.15, 0.2) is 0 Å². The molecule has 0 saturated carbocycles. The van der Waals surface area contributed by atoms with E-state index in [1.807, 2.05) is 0 Å². The fraction of sp³-hybridized carbons (Fsp3) is 0.940. The van der Waals surface area contributed by atoms with Crippen LogP contribution in [0.1, 0.15) is 303 Å². The first-order valence-corrected chi connectivity index (χ1v) is 24.9. The van der Waals surface area contributed by atoms with E-state index in [2.05, 4.69) is 20.8 Å². The van der Waals surface area contributed by atoms with Gasteiger partial charge in [-0.3, -0.25) is 4.79 Å². The maximum atomic E-state index is 10.3. The third kappa shape index (κ3) is 73.6. The standard InChI is InChI=1S/C18H36O2.2C16H32O2.Ca/c1-2-3-4-5-6-7-8-9-10-11-12-13-14-15-16-17-18(19)20;2*1-2-3-4-5-6-7-8-9-10-11-12-13-14-15-16(17)18;/h2-17H2,1H3,(H,19,20);2*2-15H2,1H3,(H,17,18);/q;;;+2/p-2. The van der Waals surface area contributed by atoms with Crippen LogP contribution in [0.4, 0.5) is 0 Å². The Balaban J connectivity index is -0.000000367. The van der Waals surface area contributed by atoms with E-state index in [1.165, 1.54) is 225 Å². The molecular formula is C50H98CaO6. The largest absolute Gasteiger partial charge is 2.00 e. The third-order valence-electron chi connectivity index (χ3n) is 11.0. The summed E-state index contributed by atoms with van der Waals surface area (Å²) in [5.74, 6) is -2.46. The van der Waals surface area contributed by atoms with Crippen LogP contribution in [-0.2, 0) is 14.4 Å². The average Bonchev–Trinajstić information content (AvgIpc) is 3.17. The minimum absolute atomic E-state index is 0. The molecule has 0 heterocycles. The molecule has 0 aromatic heterocycles. The first-order chi connectivity index (χ1) is 27.3. The second kappa shape index (κ2) is 60.0. The van der Waals surface area contributed by atoms with Crippen molar-refractivity contribution >= 4 is 55.6 Å². The molecule has 1 N–H and O–H groups in total. The van der Waals surface area contributed by atoms with Gasteiger partial charge in [0.2, 0.25) is 0 Å². The Morgan fingerprint density at radius 3 is 0.561 bits per heavy atom. The summed E-state index contributed by atoms with van der Waals surface area (Å²) in [5.41, 5.74) is 0. The summed E-state index contributed by atoms with van der Waals surface area (Å²) in [6.07, 6.45) is 54.1. The molecule has 0 bridgehead atoms. The summed E-state index contributed by atoms with van der Waals surface area (Å²) in [5, 5.41) is 28.9. The molecule has 0 rings (SSSR count). The van der Waals surface area contributed by atoms with Crippen molar-refractivity contribution < 1.29 is 29.7 Å². The van der Waals surface area contributed by atoms with E-state index in [-0.39, 0.29) is 50.6 Å². The van der Waals surface area contributed by atoms with Gasteiger partial charge in [-0.15, -0.1) is 0 Å². The van der Waals surface area contributed by atoms with Gasteiger partial charge in [-0.25, -0.2) is 0 Å². The molecule has 0 radical (unpaired) electrons. The molecule has 57 heavy (non-hydrogen) atoms. The maximum absolute atomic E-state index is 10.3. The zero-order chi connectivity index (χ0) is 41.8.